The first kappa shape index (κ1) is 19.8. The largest absolute Gasteiger partial charge is 0.313 e. The lowest BCUT2D eigenvalue weighted by Crippen LogP contribution is -2.59. The van der Waals surface area contributed by atoms with Crippen molar-refractivity contribution in [1.29, 1.82) is 0 Å². The quantitative estimate of drug-likeness (QED) is 0.545. The van der Waals surface area contributed by atoms with Gasteiger partial charge in [0.15, 0.2) is 0 Å². The minimum Gasteiger partial charge on any atom is -0.313 e. The van der Waals surface area contributed by atoms with Crippen LogP contribution in [0.4, 0.5) is 0 Å². The van der Waals surface area contributed by atoms with E-state index in [1.54, 1.807) is 0 Å². The maximum atomic E-state index is 3.63. The molecule has 29 heavy (non-hydrogen) atoms. The Morgan fingerprint density at radius 1 is 1.00 bits per heavy atom. The number of hydrogen-bond acceptors (Lipinski definition) is 3. The molecule has 5 rings (SSSR count). The Morgan fingerprint density at radius 2 is 1.93 bits per heavy atom. The molecule has 4 aliphatic rings. The van der Waals surface area contributed by atoms with Gasteiger partial charge in [0.25, 0.3) is 0 Å². The summed E-state index contributed by atoms with van der Waals surface area (Å²) >= 11 is 0. The van der Waals surface area contributed by atoms with Crippen LogP contribution in [0.2, 0.25) is 0 Å². The van der Waals surface area contributed by atoms with E-state index in [1.807, 2.05) is 5.57 Å². The molecule has 3 heteroatoms. The van der Waals surface area contributed by atoms with E-state index in [1.165, 1.54) is 83.1 Å². The van der Waals surface area contributed by atoms with Crippen LogP contribution >= 0.6 is 0 Å². The molecule has 1 aromatic rings. The van der Waals surface area contributed by atoms with Gasteiger partial charge in [-0.3, -0.25) is 9.80 Å². The predicted octanol–water partition coefficient (Wildman–Crippen LogP) is 4.45. The summed E-state index contributed by atoms with van der Waals surface area (Å²) in [6.07, 6.45) is 13.9. The van der Waals surface area contributed by atoms with Crippen LogP contribution in [0, 0.1) is 11.8 Å². The number of unbranched alkanes of at least 4 members (excludes halogenated alkanes) is 1. The van der Waals surface area contributed by atoms with E-state index >= 15 is 0 Å². The van der Waals surface area contributed by atoms with Gasteiger partial charge in [-0.15, -0.1) is 0 Å². The molecule has 3 heterocycles. The smallest absolute Gasteiger partial charge is 0.0348 e. The zero-order valence-electron chi connectivity index (χ0n) is 18.1. The fourth-order valence-corrected chi connectivity index (χ4v) is 6.73. The van der Waals surface area contributed by atoms with Crippen molar-refractivity contribution in [2.75, 3.05) is 32.7 Å². The number of piperidine rings is 3. The molecule has 0 unspecified atom stereocenters. The highest BCUT2D eigenvalue weighted by Crippen LogP contribution is 2.44. The molecule has 2 bridgehead atoms. The molecule has 1 aliphatic carbocycles. The Kier molecular flexibility index (Phi) is 6.36. The van der Waals surface area contributed by atoms with Gasteiger partial charge in [-0.1, -0.05) is 48.4 Å². The van der Waals surface area contributed by atoms with Crippen molar-refractivity contribution in [2.45, 2.75) is 70.0 Å². The van der Waals surface area contributed by atoms with Crippen molar-refractivity contribution in [3.05, 3.63) is 47.5 Å². The van der Waals surface area contributed by atoms with Gasteiger partial charge < -0.3 is 5.32 Å². The van der Waals surface area contributed by atoms with E-state index in [0.717, 1.165) is 37.0 Å². The lowest BCUT2D eigenvalue weighted by Gasteiger charge is -2.55. The van der Waals surface area contributed by atoms with E-state index < -0.39 is 0 Å². The Balaban J connectivity index is 1.12. The van der Waals surface area contributed by atoms with Crippen LogP contribution in [0.1, 0.15) is 56.9 Å². The number of likely N-dealkylation sites (tertiary alicyclic amines) is 1. The molecule has 3 nitrogen and oxygen atoms in total. The van der Waals surface area contributed by atoms with E-state index in [4.69, 9.17) is 0 Å². The SMILES string of the molecule is C1=C2CCCN(CCCCNCc3ccccc3)[C@H]2[C@@H]2C[C@H]1[C@H]1CCCCN1C2. The molecule has 1 aromatic carbocycles. The third kappa shape index (κ3) is 4.47. The lowest BCUT2D eigenvalue weighted by atomic mass is 9.68. The fourth-order valence-electron chi connectivity index (χ4n) is 6.73. The minimum absolute atomic E-state index is 0.764. The van der Waals surface area contributed by atoms with Crippen molar-refractivity contribution in [2.24, 2.45) is 11.8 Å². The van der Waals surface area contributed by atoms with Crippen molar-refractivity contribution in [3.8, 4) is 0 Å². The van der Waals surface area contributed by atoms with Crippen molar-refractivity contribution in [3.63, 3.8) is 0 Å². The van der Waals surface area contributed by atoms with Crippen LogP contribution in [-0.4, -0.2) is 54.6 Å². The van der Waals surface area contributed by atoms with Gasteiger partial charge in [0.1, 0.15) is 0 Å². The Labute approximate surface area is 177 Å². The summed E-state index contributed by atoms with van der Waals surface area (Å²) in [5.74, 6) is 1.76. The van der Waals surface area contributed by atoms with Crippen LogP contribution in [0.25, 0.3) is 0 Å². The number of hydrogen-bond donors (Lipinski definition) is 1. The first-order valence-electron chi connectivity index (χ1n) is 12.3. The van der Waals surface area contributed by atoms with Crippen LogP contribution in [0.15, 0.2) is 42.0 Å². The maximum absolute atomic E-state index is 3.63. The van der Waals surface area contributed by atoms with Crippen molar-refractivity contribution < 1.29 is 0 Å². The highest BCUT2D eigenvalue weighted by Gasteiger charge is 2.45. The molecular formula is C26H39N3. The minimum atomic E-state index is 0.764. The lowest BCUT2D eigenvalue weighted by molar-refractivity contribution is -0.000938. The van der Waals surface area contributed by atoms with E-state index in [-0.39, 0.29) is 0 Å². The third-order valence-corrected chi connectivity index (χ3v) is 7.98. The van der Waals surface area contributed by atoms with Gasteiger partial charge in [0, 0.05) is 25.2 Å². The van der Waals surface area contributed by atoms with Crippen LogP contribution in [0.3, 0.4) is 0 Å². The molecule has 3 saturated heterocycles. The number of rotatable bonds is 7. The zero-order chi connectivity index (χ0) is 19.5. The second kappa shape index (κ2) is 9.32. The average molecular weight is 394 g/mol. The van der Waals surface area contributed by atoms with Crippen LogP contribution in [-0.2, 0) is 6.54 Å². The molecule has 0 aromatic heterocycles. The van der Waals surface area contributed by atoms with Crippen molar-refractivity contribution >= 4 is 0 Å². The summed E-state index contributed by atoms with van der Waals surface area (Å²) < 4.78 is 0. The van der Waals surface area contributed by atoms with E-state index in [9.17, 15) is 0 Å². The number of nitrogens with one attached hydrogen (secondary N) is 1. The van der Waals surface area contributed by atoms with Gasteiger partial charge in [-0.25, -0.2) is 0 Å². The molecule has 0 amide bonds. The van der Waals surface area contributed by atoms with Crippen molar-refractivity contribution in [1.82, 2.24) is 15.1 Å². The summed E-state index contributed by atoms with van der Waals surface area (Å²) in [6, 6.07) is 12.4. The fraction of sp³-hybridized carbons (Fsp3) is 0.692. The monoisotopic (exact) mass is 393 g/mol. The summed E-state index contributed by atoms with van der Waals surface area (Å²) in [5.41, 5.74) is 3.22. The topological polar surface area (TPSA) is 18.5 Å². The van der Waals surface area contributed by atoms with E-state index in [2.05, 4.69) is 51.5 Å². The van der Waals surface area contributed by atoms with E-state index in [0.29, 0.717) is 0 Å². The summed E-state index contributed by atoms with van der Waals surface area (Å²) in [4.78, 5) is 5.74. The number of nitrogens with zero attached hydrogens (tertiary/aromatic N) is 2. The standard InChI is InChI=1S/C26H39N3/c1-2-9-21(10-3-1)19-27-13-5-7-14-28-16-8-11-22-17-23-18-24(26(22)28)20-29-15-6-4-12-25(23)29/h1-3,9-10,17,23-27H,4-8,11-16,18-20H2/t23-,24+,25+,26+/m0/s1. The maximum Gasteiger partial charge on any atom is 0.0348 e. The molecule has 3 aliphatic heterocycles. The van der Waals surface area contributed by atoms with Crippen LogP contribution < -0.4 is 5.32 Å². The average Bonchev–Trinajstić information content (AvgIpc) is 2.77. The Hall–Kier alpha value is -1.16. The summed E-state index contributed by atoms with van der Waals surface area (Å²) in [7, 11) is 0. The van der Waals surface area contributed by atoms with Crippen LogP contribution in [0.5, 0.6) is 0 Å². The van der Waals surface area contributed by atoms with Gasteiger partial charge >= 0.3 is 0 Å². The van der Waals surface area contributed by atoms with Gasteiger partial charge in [-0.2, -0.15) is 0 Å². The molecule has 3 fully saturated rings. The highest BCUT2D eigenvalue weighted by molar-refractivity contribution is 5.24. The molecule has 1 N–H and O–H groups in total. The van der Waals surface area contributed by atoms with Gasteiger partial charge in [0.05, 0.1) is 0 Å². The molecule has 0 radical (unpaired) electrons. The second-order valence-corrected chi connectivity index (χ2v) is 9.91. The summed E-state index contributed by atoms with van der Waals surface area (Å²) in [6.45, 7) is 7.49. The number of fused-ring (bicyclic) bond motifs is 6. The second-order valence-electron chi connectivity index (χ2n) is 9.91. The Morgan fingerprint density at radius 3 is 2.86 bits per heavy atom. The summed E-state index contributed by atoms with van der Waals surface area (Å²) in [5, 5.41) is 3.63. The highest BCUT2D eigenvalue weighted by atomic mass is 15.2. The zero-order valence-corrected chi connectivity index (χ0v) is 18.1. The predicted molar refractivity (Wildman–Crippen MR) is 121 cm³/mol. The molecule has 4 atom stereocenters. The third-order valence-electron chi connectivity index (χ3n) is 7.98. The molecule has 0 spiro atoms. The Bertz CT molecular complexity index is 684. The first-order valence-corrected chi connectivity index (χ1v) is 12.3. The first-order chi connectivity index (χ1) is 14.4. The molecule has 0 saturated carbocycles. The van der Waals surface area contributed by atoms with Gasteiger partial charge in [0.2, 0.25) is 0 Å². The van der Waals surface area contributed by atoms with Gasteiger partial charge in [-0.05, 0) is 88.5 Å². The molecule has 158 valence electrons. The molecular weight excluding hydrogens is 354 g/mol. The normalized spacial score (nSPS) is 32.3. The number of benzene rings is 1.